The summed E-state index contributed by atoms with van der Waals surface area (Å²) >= 11 is 7.80. The van der Waals surface area contributed by atoms with Gasteiger partial charge in [0.25, 0.3) is 0 Å². The molecule has 2 N–H and O–H groups in total. The number of nitrogens with zero attached hydrogens (tertiary/aromatic N) is 1. The Morgan fingerprint density at radius 3 is 2.43 bits per heavy atom. The van der Waals surface area contributed by atoms with E-state index in [1.807, 2.05) is 18.3 Å². The molecular weight excluding hydrogens is 417 g/mol. The van der Waals surface area contributed by atoms with E-state index >= 15 is 0 Å². The lowest BCUT2D eigenvalue weighted by atomic mass is 9.53. The number of halogens is 1. The molecule has 1 aromatic carbocycles. The van der Waals surface area contributed by atoms with Gasteiger partial charge in [-0.1, -0.05) is 12.1 Å². The monoisotopic (exact) mass is 439 g/mol. The number of thiocarbonyl (C=S) groups is 1. The second-order valence-electron chi connectivity index (χ2n) is 7.58. The first kappa shape index (κ1) is 15.8. The van der Waals surface area contributed by atoms with Crippen molar-refractivity contribution >= 4 is 46.1 Å². The molecule has 0 aliphatic heterocycles. The number of hydrogen-bond acceptors (Lipinski definition) is 2. The molecule has 0 spiro atoms. The number of hydrogen-bond donors (Lipinski definition) is 2. The van der Waals surface area contributed by atoms with Crippen LogP contribution in [0, 0.1) is 21.3 Å². The summed E-state index contributed by atoms with van der Waals surface area (Å²) in [5, 5.41) is 8.60. The predicted molar refractivity (Wildman–Crippen MR) is 107 cm³/mol. The molecule has 23 heavy (non-hydrogen) atoms. The molecule has 0 aromatic heterocycles. The predicted octanol–water partition coefficient (Wildman–Crippen LogP) is 4.06. The van der Waals surface area contributed by atoms with Gasteiger partial charge in [0.2, 0.25) is 0 Å². The zero-order chi connectivity index (χ0) is 15.9. The lowest BCUT2D eigenvalue weighted by Gasteiger charge is -2.57. The van der Waals surface area contributed by atoms with Crippen molar-refractivity contribution in [2.24, 2.45) is 22.9 Å². The summed E-state index contributed by atoms with van der Waals surface area (Å²) in [5.41, 5.74) is 4.34. The Labute approximate surface area is 156 Å². The number of rotatable bonds is 3. The van der Waals surface area contributed by atoms with Crippen molar-refractivity contribution in [1.82, 2.24) is 10.7 Å². The van der Waals surface area contributed by atoms with Gasteiger partial charge in [-0.25, -0.2) is 0 Å². The van der Waals surface area contributed by atoms with Crippen LogP contribution >= 0.6 is 34.8 Å². The Bertz CT molecular complexity index is 608. The third-order valence-electron chi connectivity index (χ3n) is 5.65. The minimum Gasteiger partial charge on any atom is -0.356 e. The smallest absolute Gasteiger partial charge is 0.187 e. The van der Waals surface area contributed by atoms with E-state index in [4.69, 9.17) is 12.2 Å². The van der Waals surface area contributed by atoms with E-state index in [0.29, 0.717) is 5.11 Å². The van der Waals surface area contributed by atoms with Crippen LogP contribution in [0.1, 0.15) is 44.1 Å². The molecule has 4 aliphatic carbocycles. The van der Waals surface area contributed by atoms with Gasteiger partial charge < -0.3 is 5.32 Å². The average Bonchev–Trinajstić information content (AvgIpc) is 2.45. The van der Waals surface area contributed by atoms with Gasteiger partial charge in [-0.3, -0.25) is 5.43 Å². The Kier molecular flexibility index (Phi) is 4.34. The van der Waals surface area contributed by atoms with Crippen LogP contribution in [0.15, 0.2) is 29.4 Å². The first-order valence-corrected chi connectivity index (χ1v) is 9.96. The molecule has 5 rings (SSSR count). The summed E-state index contributed by atoms with van der Waals surface area (Å²) in [6.07, 6.45) is 10.1. The van der Waals surface area contributed by atoms with E-state index in [1.165, 1.54) is 42.1 Å². The Morgan fingerprint density at radius 2 is 1.83 bits per heavy atom. The fourth-order valence-electron chi connectivity index (χ4n) is 5.28. The molecule has 0 unspecified atom stereocenters. The molecule has 1 aromatic rings. The number of nitrogens with one attached hydrogen (secondary N) is 2. The number of benzene rings is 1. The Hall–Kier alpha value is -0.690. The van der Waals surface area contributed by atoms with Crippen molar-refractivity contribution in [3.63, 3.8) is 0 Å². The summed E-state index contributed by atoms with van der Waals surface area (Å²) in [6, 6.07) is 8.25. The summed E-state index contributed by atoms with van der Waals surface area (Å²) in [4.78, 5) is 0. The SMILES string of the molecule is S=C(N/N=C/c1cccc(I)c1)NC12CC3CC(CC(C3)C1)C2. The maximum absolute atomic E-state index is 5.49. The van der Waals surface area contributed by atoms with Gasteiger partial charge in [0.05, 0.1) is 6.21 Å². The van der Waals surface area contributed by atoms with Crippen LogP contribution in [0.25, 0.3) is 0 Å². The molecule has 3 nitrogen and oxygen atoms in total. The second-order valence-corrected chi connectivity index (χ2v) is 9.23. The zero-order valence-corrected chi connectivity index (χ0v) is 16.1. The minimum absolute atomic E-state index is 0.247. The highest BCUT2D eigenvalue weighted by Crippen LogP contribution is 2.55. The standard InChI is InChI=1S/C18H22IN3S/c19-16-3-1-2-12(7-16)11-20-22-17(23)21-18-8-13-4-14(9-18)6-15(5-13)10-18/h1-3,7,11,13-15H,4-6,8-10H2,(H2,21,22,23)/b20-11+. The molecule has 0 saturated heterocycles. The molecule has 4 fully saturated rings. The van der Waals surface area contributed by atoms with Gasteiger partial charge in [-0.2, -0.15) is 5.10 Å². The molecule has 4 bridgehead atoms. The normalized spacial score (nSPS) is 34.7. The molecule has 4 aliphatic rings. The van der Waals surface area contributed by atoms with E-state index in [1.54, 1.807) is 0 Å². The maximum Gasteiger partial charge on any atom is 0.187 e. The largest absolute Gasteiger partial charge is 0.356 e. The van der Waals surface area contributed by atoms with Crippen LogP contribution in [0.4, 0.5) is 0 Å². The molecular formula is C18H22IN3S. The van der Waals surface area contributed by atoms with Crippen molar-refractivity contribution in [3.05, 3.63) is 33.4 Å². The van der Waals surface area contributed by atoms with Crippen LogP contribution in [0.5, 0.6) is 0 Å². The van der Waals surface area contributed by atoms with Gasteiger partial charge in [-0.05, 0) is 109 Å². The van der Waals surface area contributed by atoms with Crippen LogP contribution in [0.2, 0.25) is 0 Å². The molecule has 5 heteroatoms. The average molecular weight is 439 g/mol. The molecule has 122 valence electrons. The summed E-state index contributed by atoms with van der Waals surface area (Å²) in [5.74, 6) is 2.77. The van der Waals surface area contributed by atoms with Crippen LogP contribution < -0.4 is 10.7 Å². The van der Waals surface area contributed by atoms with Crippen molar-refractivity contribution in [1.29, 1.82) is 0 Å². The highest BCUT2D eigenvalue weighted by atomic mass is 127. The van der Waals surface area contributed by atoms with Crippen molar-refractivity contribution < 1.29 is 0 Å². The van der Waals surface area contributed by atoms with E-state index in [2.05, 4.69) is 50.6 Å². The van der Waals surface area contributed by atoms with Crippen LogP contribution in [0.3, 0.4) is 0 Å². The lowest BCUT2D eigenvalue weighted by Crippen LogP contribution is -2.61. The molecule has 0 amide bonds. The van der Waals surface area contributed by atoms with Gasteiger partial charge in [0.15, 0.2) is 5.11 Å². The molecule has 0 atom stereocenters. The highest BCUT2D eigenvalue weighted by Gasteiger charge is 2.51. The molecule has 0 radical (unpaired) electrons. The van der Waals surface area contributed by atoms with E-state index in [-0.39, 0.29) is 5.54 Å². The zero-order valence-electron chi connectivity index (χ0n) is 13.1. The van der Waals surface area contributed by atoms with Crippen LogP contribution in [-0.4, -0.2) is 16.9 Å². The third-order valence-corrected chi connectivity index (χ3v) is 6.51. The highest BCUT2D eigenvalue weighted by molar-refractivity contribution is 14.1. The summed E-state index contributed by atoms with van der Waals surface area (Å²) < 4.78 is 1.21. The number of hydrazone groups is 1. The fourth-order valence-corrected chi connectivity index (χ4v) is 6.12. The van der Waals surface area contributed by atoms with Crippen molar-refractivity contribution in [2.75, 3.05) is 0 Å². The topological polar surface area (TPSA) is 36.4 Å². The lowest BCUT2D eigenvalue weighted by molar-refractivity contribution is -0.0101. The second kappa shape index (κ2) is 6.31. The van der Waals surface area contributed by atoms with Gasteiger partial charge in [0, 0.05) is 9.11 Å². The molecule has 4 saturated carbocycles. The Balaban J connectivity index is 1.35. The minimum atomic E-state index is 0.247. The van der Waals surface area contributed by atoms with Crippen LogP contribution in [-0.2, 0) is 0 Å². The fraction of sp³-hybridized carbons (Fsp3) is 0.556. The van der Waals surface area contributed by atoms with Gasteiger partial charge >= 0.3 is 0 Å². The third kappa shape index (κ3) is 3.55. The van der Waals surface area contributed by atoms with Gasteiger partial charge in [-0.15, -0.1) is 0 Å². The molecule has 0 heterocycles. The van der Waals surface area contributed by atoms with E-state index in [0.717, 1.165) is 23.3 Å². The quantitative estimate of drug-likeness (QED) is 0.323. The first-order valence-electron chi connectivity index (χ1n) is 8.47. The first-order chi connectivity index (χ1) is 11.1. The Morgan fingerprint density at radius 1 is 1.17 bits per heavy atom. The summed E-state index contributed by atoms with van der Waals surface area (Å²) in [6.45, 7) is 0. The maximum atomic E-state index is 5.49. The van der Waals surface area contributed by atoms with Crippen molar-refractivity contribution in [2.45, 2.75) is 44.1 Å². The van der Waals surface area contributed by atoms with Crippen molar-refractivity contribution in [3.8, 4) is 0 Å². The summed E-state index contributed by atoms with van der Waals surface area (Å²) in [7, 11) is 0. The van der Waals surface area contributed by atoms with E-state index < -0.39 is 0 Å². The van der Waals surface area contributed by atoms with E-state index in [9.17, 15) is 0 Å². The van der Waals surface area contributed by atoms with Gasteiger partial charge in [0.1, 0.15) is 0 Å².